The molecule has 0 radical (unpaired) electrons. The molecule has 1 aliphatic carbocycles. The van der Waals surface area contributed by atoms with Crippen LogP contribution in [0.3, 0.4) is 0 Å². The minimum atomic E-state index is -0.219. The Balaban J connectivity index is 1.20. The number of hydrogen-bond acceptors (Lipinski definition) is 6. The van der Waals surface area contributed by atoms with Crippen LogP contribution in [0.1, 0.15) is 62.9 Å². The van der Waals surface area contributed by atoms with E-state index in [2.05, 4.69) is 0 Å². The van der Waals surface area contributed by atoms with Gasteiger partial charge in [0.15, 0.2) is 47.8 Å². The molecule has 0 N–H and O–H groups in total. The van der Waals surface area contributed by atoms with Gasteiger partial charge >= 0.3 is 0 Å². The van der Waals surface area contributed by atoms with Gasteiger partial charge in [-0.2, -0.15) is 0 Å². The SMILES string of the molecule is COc1cc(C2CCC(c3ccc(OCC(=O)c4ccc(Cl)c(Cl)c4)c(OC)c3)C2)ccc1OCC(=O)c1ccc(Cl)c(Cl)c1. The Morgan fingerprint density at radius 2 is 1.00 bits per heavy atom. The Bertz CT molecular complexity index is 1600. The molecule has 2 atom stereocenters. The minimum Gasteiger partial charge on any atom is -0.493 e. The molecular weight excluding hydrogens is 658 g/mol. The molecule has 1 saturated carbocycles. The van der Waals surface area contributed by atoms with E-state index in [1.54, 1.807) is 38.5 Å². The van der Waals surface area contributed by atoms with Crippen LogP contribution in [-0.4, -0.2) is 39.0 Å². The third-order valence-corrected chi connectivity index (χ3v) is 9.43. The smallest absolute Gasteiger partial charge is 0.200 e. The number of halogens is 4. The second-order valence-corrected chi connectivity index (χ2v) is 12.3. The second kappa shape index (κ2) is 14.8. The van der Waals surface area contributed by atoms with E-state index < -0.39 is 0 Å². The summed E-state index contributed by atoms with van der Waals surface area (Å²) < 4.78 is 22.9. The number of methoxy groups -OCH3 is 2. The van der Waals surface area contributed by atoms with Crippen molar-refractivity contribution in [2.75, 3.05) is 27.4 Å². The summed E-state index contributed by atoms with van der Waals surface area (Å²) in [6.07, 6.45) is 2.95. The number of rotatable bonds is 12. The number of hydrogen-bond donors (Lipinski definition) is 0. The third-order valence-electron chi connectivity index (χ3n) is 7.95. The maximum absolute atomic E-state index is 12.6. The molecule has 1 aliphatic rings. The number of carbonyl (C=O) groups is 2. The van der Waals surface area contributed by atoms with Gasteiger partial charge in [-0.05, 0) is 103 Å². The van der Waals surface area contributed by atoms with Gasteiger partial charge in [0, 0.05) is 11.1 Å². The summed E-state index contributed by atoms with van der Waals surface area (Å²) in [5.41, 5.74) is 3.13. The summed E-state index contributed by atoms with van der Waals surface area (Å²) >= 11 is 24.0. The highest BCUT2D eigenvalue weighted by molar-refractivity contribution is 6.42. The van der Waals surface area contributed by atoms with Crippen molar-refractivity contribution in [3.05, 3.63) is 115 Å². The molecule has 234 valence electrons. The van der Waals surface area contributed by atoms with Crippen molar-refractivity contribution in [1.29, 1.82) is 0 Å². The summed E-state index contributed by atoms with van der Waals surface area (Å²) in [5.74, 6) is 2.31. The summed E-state index contributed by atoms with van der Waals surface area (Å²) in [7, 11) is 3.16. The predicted octanol–water partition coefficient (Wildman–Crippen LogP) is 9.89. The molecule has 4 aromatic rings. The van der Waals surface area contributed by atoms with Crippen molar-refractivity contribution in [3.63, 3.8) is 0 Å². The Labute approximate surface area is 282 Å². The molecule has 5 rings (SSSR count). The number of ether oxygens (including phenoxy) is 4. The zero-order valence-electron chi connectivity index (χ0n) is 24.6. The van der Waals surface area contributed by atoms with Crippen LogP contribution in [0.4, 0.5) is 0 Å². The van der Waals surface area contributed by atoms with Gasteiger partial charge in [-0.25, -0.2) is 0 Å². The van der Waals surface area contributed by atoms with Crippen LogP contribution in [-0.2, 0) is 0 Å². The van der Waals surface area contributed by atoms with E-state index in [1.165, 1.54) is 12.1 Å². The van der Waals surface area contributed by atoms with Crippen molar-refractivity contribution in [2.45, 2.75) is 31.1 Å². The molecule has 10 heteroatoms. The fraction of sp³-hybridized carbons (Fsp3) is 0.257. The largest absolute Gasteiger partial charge is 0.493 e. The highest BCUT2D eigenvalue weighted by atomic mass is 35.5. The van der Waals surface area contributed by atoms with Crippen molar-refractivity contribution in [2.24, 2.45) is 0 Å². The molecule has 0 heterocycles. The van der Waals surface area contributed by atoms with Gasteiger partial charge in [-0.1, -0.05) is 58.5 Å². The van der Waals surface area contributed by atoms with Crippen LogP contribution in [0.15, 0.2) is 72.8 Å². The van der Waals surface area contributed by atoms with E-state index in [1.807, 2.05) is 36.4 Å². The third kappa shape index (κ3) is 7.87. The van der Waals surface area contributed by atoms with E-state index in [0.717, 1.165) is 30.4 Å². The van der Waals surface area contributed by atoms with Crippen LogP contribution in [0.25, 0.3) is 0 Å². The number of Topliss-reactive ketones (excluding diaryl/α,β-unsaturated/α-hetero) is 2. The lowest BCUT2D eigenvalue weighted by Crippen LogP contribution is -2.12. The summed E-state index contributed by atoms with van der Waals surface area (Å²) in [6, 6.07) is 21.2. The zero-order chi connectivity index (χ0) is 32.1. The van der Waals surface area contributed by atoms with Crippen molar-refractivity contribution >= 4 is 58.0 Å². The van der Waals surface area contributed by atoms with Gasteiger partial charge < -0.3 is 18.9 Å². The molecule has 1 fully saturated rings. The van der Waals surface area contributed by atoms with E-state index >= 15 is 0 Å². The van der Waals surface area contributed by atoms with Crippen LogP contribution >= 0.6 is 46.4 Å². The standard InChI is InChI=1S/C35H30Cl4O6/c1-42-34-16-22(7-11-32(34)44-18-30(40)24-5-9-26(36)28(38)14-24)20-3-4-21(13-20)23-8-12-33(35(17-23)43-2)45-19-31(41)25-6-10-27(37)29(39)15-25/h5-12,14-17,20-21H,3-4,13,18-19H2,1-2H3. The lowest BCUT2D eigenvalue weighted by atomic mass is 9.92. The molecule has 45 heavy (non-hydrogen) atoms. The zero-order valence-corrected chi connectivity index (χ0v) is 27.6. The van der Waals surface area contributed by atoms with Crippen molar-refractivity contribution in [3.8, 4) is 23.0 Å². The van der Waals surface area contributed by atoms with Crippen LogP contribution in [0.2, 0.25) is 20.1 Å². The molecule has 0 aromatic heterocycles. The number of ketones is 2. The molecule has 0 spiro atoms. The Morgan fingerprint density at radius 3 is 1.38 bits per heavy atom. The van der Waals surface area contributed by atoms with Crippen molar-refractivity contribution < 1.29 is 28.5 Å². The molecule has 0 bridgehead atoms. The second-order valence-electron chi connectivity index (χ2n) is 10.7. The molecule has 6 nitrogen and oxygen atoms in total. The molecule has 0 saturated heterocycles. The van der Waals surface area contributed by atoms with Crippen LogP contribution in [0.5, 0.6) is 23.0 Å². The first-order valence-electron chi connectivity index (χ1n) is 14.2. The summed E-state index contributed by atoms with van der Waals surface area (Å²) in [4.78, 5) is 25.3. The quantitative estimate of drug-likeness (QED) is 0.138. The Hall–Kier alpha value is -3.42. The first kappa shape index (κ1) is 33.0. The van der Waals surface area contributed by atoms with Gasteiger partial charge in [-0.15, -0.1) is 0 Å². The average Bonchev–Trinajstić information content (AvgIpc) is 3.55. The van der Waals surface area contributed by atoms with E-state index in [0.29, 0.717) is 66.1 Å². The van der Waals surface area contributed by atoms with Gasteiger partial charge in [-0.3, -0.25) is 9.59 Å². The molecule has 4 aromatic carbocycles. The highest BCUT2D eigenvalue weighted by Crippen LogP contribution is 2.46. The fourth-order valence-electron chi connectivity index (χ4n) is 5.49. The van der Waals surface area contributed by atoms with Crippen molar-refractivity contribution in [1.82, 2.24) is 0 Å². The van der Waals surface area contributed by atoms with Gasteiger partial charge in [0.05, 0.1) is 34.3 Å². The monoisotopic (exact) mass is 686 g/mol. The maximum atomic E-state index is 12.6. The predicted molar refractivity (Wildman–Crippen MR) is 178 cm³/mol. The minimum absolute atomic E-state index is 0.162. The fourth-order valence-corrected chi connectivity index (χ4v) is 6.09. The molecule has 0 amide bonds. The lowest BCUT2D eigenvalue weighted by Gasteiger charge is -2.17. The molecule has 2 unspecified atom stereocenters. The van der Waals surface area contributed by atoms with Crippen LogP contribution in [0, 0.1) is 0 Å². The van der Waals surface area contributed by atoms with E-state index in [4.69, 9.17) is 65.4 Å². The Morgan fingerprint density at radius 1 is 0.578 bits per heavy atom. The highest BCUT2D eigenvalue weighted by Gasteiger charge is 2.28. The Kier molecular flexibility index (Phi) is 10.8. The number of benzene rings is 4. The molecular formula is C35H30Cl4O6. The summed E-state index contributed by atoms with van der Waals surface area (Å²) in [6.45, 7) is -0.325. The van der Waals surface area contributed by atoms with E-state index in [9.17, 15) is 9.59 Å². The normalized spacial score (nSPS) is 15.9. The topological polar surface area (TPSA) is 71.1 Å². The first-order valence-corrected chi connectivity index (χ1v) is 15.8. The van der Waals surface area contributed by atoms with Gasteiger partial charge in [0.25, 0.3) is 0 Å². The van der Waals surface area contributed by atoms with Crippen LogP contribution < -0.4 is 18.9 Å². The van der Waals surface area contributed by atoms with E-state index in [-0.39, 0.29) is 24.8 Å². The average molecular weight is 688 g/mol. The van der Waals surface area contributed by atoms with Gasteiger partial charge in [0.1, 0.15) is 0 Å². The molecule has 0 aliphatic heterocycles. The van der Waals surface area contributed by atoms with Gasteiger partial charge in [0.2, 0.25) is 0 Å². The summed E-state index contributed by atoms with van der Waals surface area (Å²) in [5, 5.41) is 1.40. The number of carbonyl (C=O) groups excluding carboxylic acids is 2. The first-order chi connectivity index (χ1) is 21.7. The maximum Gasteiger partial charge on any atom is 0.200 e. The lowest BCUT2D eigenvalue weighted by molar-refractivity contribution is 0.0912.